The van der Waals surface area contributed by atoms with Gasteiger partial charge in [0.1, 0.15) is 5.76 Å². The molecule has 1 aromatic rings. The fourth-order valence-electron chi connectivity index (χ4n) is 0.938. The van der Waals surface area contributed by atoms with E-state index in [1.807, 2.05) is 0 Å². The number of furan rings is 1. The van der Waals surface area contributed by atoms with E-state index in [4.69, 9.17) is 4.42 Å². The maximum atomic E-state index is 11.0. The fraction of sp³-hybridized carbons (Fsp3) is 0.333. The molecule has 1 heterocycles. The van der Waals surface area contributed by atoms with Crippen molar-refractivity contribution < 1.29 is 28.6 Å². The van der Waals surface area contributed by atoms with Crippen LogP contribution < -0.4 is 0 Å². The lowest BCUT2D eigenvalue weighted by atomic mass is 10.3. The normalized spacial score (nSPS) is 11.9. The van der Waals surface area contributed by atoms with E-state index in [1.165, 1.54) is 19.2 Å². The zero-order valence-electron chi connectivity index (χ0n) is 8.22. The Morgan fingerprint density at radius 1 is 1.33 bits per heavy atom. The van der Waals surface area contributed by atoms with Gasteiger partial charge in [0.2, 0.25) is 11.9 Å². The van der Waals surface area contributed by atoms with Gasteiger partial charge in [0, 0.05) is 0 Å². The van der Waals surface area contributed by atoms with Crippen LogP contribution in [0.3, 0.4) is 0 Å². The highest BCUT2D eigenvalue weighted by molar-refractivity contribution is 5.86. The molecule has 6 heteroatoms. The molecule has 0 saturated heterocycles. The van der Waals surface area contributed by atoms with E-state index in [0.29, 0.717) is 0 Å². The summed E-state index contributed by atoms with van der Waals surface area (Å²) in [5.41, 5.74) is 0. The summed E-state index contributed by atoms with van der Waals surface area (Å²) in [6.45, 7) is 0. The molecule has 15 heavy (non-hydrogen) atoms. The third-order valence-corrected chi connectivity index (χ3v) is 1.71. The van der Waals surface area contributed by atoms with Gasteiger partial charge in [-0.1, -0.05) is 0 Å². The predicted octanol–water partition coefficient (Wildman–Crippen LogP) is 0.273. The first-order chi connectivity index (χ1) is 7.10. The number of carbonyl (C=O) groups is 2. The number of aliphatic hydroxyl groups excluding tert-OH is 1. The molecule has 0 aliphatic rings. The quantitative estimate of drug-likeness (QED) is 0.727. The molecule has 1 atom stereocenters. The van der Waals surface area contributed by atoms with Crippen LogP contribution >= 0.6 is 0 Å². The van der Waals surface area contributed by atoms with Crippen LogP contribution in [0.4, 0.5) is 0 Å². The third-order valence-electron chi connectivity index (χ3n) is 1.71. The second-order valence-electron chi connectivity index (χ2n) is 2.62. The molecule has 1 unspecified atom stereocenters. The van der Waals surface area contributed by atoms with E-state index in [1.54, 1.807) is 0 Å². The average Bonchev–Trinajstić information content (AvgIpc) is 2.75. The molecule has 0 aliphatic carbocycles. The Bertz CT molecular complexity index is 366. The van der Waals surface area contributed by atoms with Crippen molar-refractivity contribution in [1.29, 1.82) is 0 Å². The zero-order valence-corrected chi connectivity index (χ0v) is 8.22. The number of esters is 2. The van der Waals surface area contributed by atoms with Crippen molar-refractivity contribution in [3.8, 4) is 0 Å². The summed E-state index contributed by atoms with van der Waals surface area (Å²) in [5.74, 6) is -1.70. The summed E-state index contributed by atoms with van der Waals surface area (Å²) < 4.78 is 13.6. The maximum Gasteiger partial charge on any atom is 0.373 e. The first-order valence-corrected chi connectivity index (χ1v) is 4.04. The first kappa shape index (κ1) is 11.3. The molecular weight excluding hydrogens is 204 g/mol. The van der Waals surface area contributed by atoms with Crippen molar-refractivity contribution in [2.45, 2.75) is 6.10 Å². The number of ether oxygens (including phenoxy) is 2. The Balaban J connectivity index is 2.84. The lowest BCUT2D eigenvalue weighted by molar-refractivity contribution is -0.151. The zero-order chi connectivity index (χ0) is 11.4. The Labute approximate surface area is 85.4 Å². The summed E-state index contributed by atoms with van der Waals surface area (Å²) in [6, 6.07) is 2.60. The van der Waals surface area contributed by atoms with Crippen LogP contribution in [0, 0.1) is 0 Å². The average molecular weight is 214 g/mol. The monoisotopic (exact) mass is 214 g/mol. The number of methoxy groups -OCH3 is 2. The number of aliphatic hydroxyl groups is 1. The van der Waals surface area contributed by atoms with Crippen LogP contribution in [0.2, 0.25) is 0 Å². The lowest BCUT2D eigenvalue weighted by Crippen LogP contribution is -2.12. The highest BCUT2D eigenvalue weighted by atomic mass is 16.5. The standard InChI is InChI=1S/C9H10O6/c1-13-8(11)6-4-3-5(15-6)7(10)9(12)14-2/h3-4,7,10H,1-2H3. The lowest BCUT2D eigenvalue weighted by Gasteiger charge is -2.03. The molecule has 0 amide bonds. The van der Waals surface area contributed by atoms with Gasteiger partial charge in [-0.15, -0.1) is 0 Å². The van der Waals surface area contributed by atoms with Crippen molar-refractivity contribution >= 4 is 11.9 Å². The molecule has 1 aromatic heterocycles. The van der Waals surface area contributed by atoms with Gasteiger partial charge in [0.15, 0.2) is 0 Å². The van der Waals surface area contributed by atoms with E-state index < -0.39 is 18.0 Å². The van der Waals surface area contributed by atoms with Crippen molar-refractivity contribution in [2.75, 3.05) is 14.2 Å². The van der Waals surface area contributed by atoms with Gasteiger partial charge in [0.25, 0.3) is 0 Å². The van der Waals surface area contributed by atoms with Gasteiger partial charge < -0.3 is 19.0 Å². The summed E-state index contributed by atoms with van der Waals surface area (Å²) in [7, 11) is 2.33. The first-order valence-electron chi connectivity index (χ1n) is 4.04. The minimum Gasteiger partial charge on any atom is -0.467 e. The maximum absolute atomic E-state index is 11.0. The molecule has 6 nitrogen and oxygen atoms in total. The molecular formula is C9H10O6. The summed E-state index contributed by atoms with van der Waals surface area (Å²) >= 11 is 0. The molecule has 1 rings (SSSR count). The van der Waals surface area contributed by atoms with E-state index in [-0.39, 0.29) is 11.5 Å². The van der Waals surface area contributed by atoms with E-state index in [0.717, 1.165) is 7.11 Å². The van der Waals surface area contributed by atoms with Gasteiger partial charge in [-0.3, -0.25) is 0 Å². The topological polar surface area (TPSA) is 86.0 Å². The Morgan fingerprint density at radius 3 is 2.53 bits per heavy atom. The number of hydrogen-bond acceptors (Lipinski definition) is 6. The molecule has 0 fully saturated rings. The highest BCUT2D eigenvalue weighted by Crippen LogP contribution is 2.18. The van der Waals surface area contributed by atoms with Gasteiger partial charge in [-0.2, -0.15) is 0 Å². The van der Waals surface area contributed by atoms with Crippen LogP contribution in [0.1, 0.15) is 22.4 Å². The van der Waals surface area contributed by atoms with Crippen molar-refractivity contribution in [1.82, 2.24) is 0 Å². The van der Waals surface area contributed by atoms with Gasteiger partial charge >= 0.3 is 11.9 Å². The SMILES string of the molecule is COC(=O)c1ccc(C(O)C(=O)OC)o1. The Morgan fingerprint density at radius 2 is 2.00 bits per heavy atom. The summed E-state index contributed by atoms with van der Waals surface area (Å²) in [5, 5.41) is 9.34. The second-order valence-corrected chi connectivity index (χ2v) is 2.62. The number of hydrogen-bond donors (Lipinski definition) is 1. The van der Waals surface area contributed by atoms with Crippen LogP contribution in [0.15, 0.2) is 16.5 Å². The van der Waals surface area contributed by atoms with Crippen molar-refractivity contribution in [2.24, 2.45) is 0 Å². The fourth-order valence-corrected chi connectivity index (χ4v) is 0.938. The molecule has 0 saturated carbocycles. The van der Waals surface area contributed by atoms with Crippen LogP contribution in [-0.4, -0.2) is 31.3 Å². The Kier molecular flexibility index (Phi) is 3.46. The largest absolute Gasteiger partial charge is 0.467 e. The van der Waals surface area contributed by atoms with Crippen molar-refractivity contribution in [3.05, 3.63) is 23.7 Å². The minimum atomic E-state index is -1.53. The third kappa shape index (κ3) is 2.35. The molecule has 1 N–H and O–H groups in total. The number of rotatable bonds is 3. The van der Waals surface area contributed by atoms with Crippen LogP contribution in [-0.2, 0) is 14.3 Å². The molecule has 82 valence electrons. The molecule has 0 aliphatic heterocycles. The van der Waals surface area contributed by atoms with Gasteiger partial charge in [-0.25, -0.2) is 9.59 Å². The van der Waals surface area contributed by atoms with Crippen molar-refractivity contribution in [3.63, 3.8) is 0 Å². The summed E-state index contributed by atoms with van der Waals surface area (Å²) in [6.07, 6.45) is -1.53. The highest BCUT2D eigenvalue weighted by Gasteiger charge is 2.23. The molecule has 0 spiro atoms. The van der Waals surface area contributed by atoms with E-state index >= 15 is 0 Å². The van der Waals surface area contributed by atoms with Gasteiger partial charge in [0.05, 0.1) is 14.2 Å². The number of carbonyl (C=O) groups excluding carboxylic acids is 2. The predicted molar refractivity (Wildman–Crippen MR) is 47.0 cm³/mol. The minimum absolute atomic E-state index is 0.0674. The molecule has 0 aromatic carbocycles. The smallest absolute Gasteiger partial charge is 0.373 e. The molecule has 0 bridgehead atoms. The molecule has 0 radical (unpaired) electrons. The summed E-state index contributed by atoms with van der Waals surface area (Å²) in [4.78, 5) is 21.9. The van der Waals surface area contributed by atoms with E-state index in [2.05, 4.69) is 9.47 Å². The van der Waals surface area contributed by atoms with Gasteiger partial charge in [-0.05, 0) is 12.1 Å². The van der Waals surface area contributed by atoms with Crippen LogP contribution in [0.25, 0.3) is 0 Å². The van der Waals surface area contributed by atoms with E-state index in [9.17, 15) is 14.7 Å². The van der Waals surface area contributed by atoms with Crippen LogP contribution in [0.5, 0.6) is 0 Å². The Hall–Kier alpha value is -1.82. The second kappa shape index (κ2) is 4.61.